The van der Waals surface area contributed by atoms with E-state index in [-0.39, 0.29) is 34.2 Å². The smallest absolute Gasteiger partial charge is 0.234 e. The van der Waals surface area contributed by atoms with Gasteiger partial charge < -0.3 is 5.32 Å². The molecule has 0 aromatic heterocycles. The fourth-order valence-electron chi connectivity index (χ4n) is 1.49. The summed E-state index contributed by atoms with van der Waals surface area (Å²) in [5, 5.41) is 2.75. The molecule has 1 amide bonds. The summed E-state index contributed by atoms with van der Waals surface area (Å²) >= 11 is 3.28. The number of carbonyl (C=O) groups excluding carboxylic acids is 1. The van der Waals surface area contributed by atoms with Gasteiger partial charge in [-0.1, -0.05) is 29.8 Å². The van der Waals surface area contributed by atoms with Gasteiger partial charge >= 0.3 is 0 Å². The highest BCUT2D eigenvalue weighted by Crippen LogP contribution is 2.15. The molecule has 88 valence electrons. The number of hydrogen-bond acceptors (Lipinski definition) is 3. The normalized spacial score (nSPS) is 26.5. The Kier molecular flexibility index (Phi) is 4.17. The highest BCUT2D eigenvalue weighted by molar-refractivity contribution is 9.10. The summed E-state index contributed by atoms with van der Waals surface area (Å²) in [7, 11) is -2.92. The van der Waals surface area contributed by atoms with E-state index in [1.54, 1.807) is 0 Å². The number of carbonyl (C=O) groups is 1. The first-order valence-corrected chi connectivity index (χ1v) is 7.70. The van der Waals surface area contributed by atoms with E-state index < -0.39 is 9.84 Å². The molecule has 2 atom stereocenters. The van der Waals surface area contributed by atoms with Gasteiger partial charge in [0.05, 0.1) is 16.3 Å². The van der Waals surface area contributed by atoms with Crippen LogP contribution in [0.5, 0.6) is 0 Å². The number of amides is 1. The van der Waals surface area contributed by atoms with Crippen LogP contribution >= 0.6 is 15.9 Å². The first kappa shape index (κ1) is 13.0. The van der Waals surface area contributed by atoms with Crippen molar-refractivity contribution < 1.29 is 13.2 Å². The molecule has 6 heteroatoms. The third-order valence-corrected chi connectivity index (χ3v) is 5.66. The molecule has 4 nitrogen and oxygen atoms in total. The second-order valence-electron chi connectivity index (χ2n) is 4.25. The van der Waals surface area contributed by atoms with Crippen LogP contribution in [0.4, 0.5) is 0 Å². The summed E-state index contributed by atoms with van der Waals surface area (Å²) in [6.45, 7) is 3.87. The average molecular weight is 298 g/mol. The van der Waals surface area contributed by atoms with Crippen molar-refractivity contribution in [1.82, 2.24) is 5.32 Å². The van der Waals surface area contributed by atoms with Crippen molar-refractivity contribution in [3.8, 4) is 0 Å². The Labute approximate surface area is 98.9 Å². The lowest BCUT2D eigenvalue weighted by atomic mass is 10.1. The predicted octanol–water partition coefficient (Wildman–Crippen LogP) is 0.709. The number of hydrogen-bond donors (Lipinski definition) is 1. The van der Waals surface area contributed by atoms with E-state index in [4.69, 9.17) is 0 Å². The first-order chi connectivity index (χ1) is 6.82. The summed E-state index contributed by atoms with van der Waals surface area (Å²) in [6, 6.07) is -0.207. The Balaban J connectivity index is 2.47. The van der Waals surface area contributed by atoms with Crippen LogP contribution in [0.2, 0.25) is 0 Å². The maximum atomic E-state index is 11.6. The molecule has 0 spiro atoms. The molecule has 0 radical (unpaired) electrons. The molecule has 1 fully saturated rings. The van der Waals surface area contributed by atoms with Crippen molar-refractivity contribution in [2.45, 2.75) is 31.1 Å². The van der Waals surface area contributed by atoms with E-state index in [0.717, 1.165) is 0 Å². The highest BCUT2D eigenvalue weighted by atomic mass is 79.9. The van der Waals surface area contributed by atoms with E-state index in [1.165, 1.54) is 0 Å². The zero-order valence-corrected chi connectivity index (χ0v) is 11.3. The Hall–Kier alpha value is -0.100. The molecule has 1 rings (SSSR count). The van der Waals surface area contributed by atoms with Gasteiger partial charge in [-0.05, 0) is 12.3 Å². The minimum Gasteiger partial charge on any atom is -0.351 e. The maximum Gasteiger partial charge on any atom is 0.234 e. The number of alkyl halides is 1. The van der Waals surface area contributed by atoms with Gasteiger partial charge in [0.2, 0.25) is 5.91 Å². The number of rotatable bonds is 3. The van der Waals surface area contributed by atoms with E-state index in [2.05, 4.69) is 21.2 Å². The molecule has 0 bridgehead atoms. The molecule has 0 aromatic rings. The third kappa shape index (κ3) is 3.75. The lowest BCUT2D eigenvalue weighted by Crippen LogP contribution is -2.41. The SMILES string of the molecule is CC(C)[C@H](Br)C(=O)N[C@H]1CCS(=O)(=O)C1. The van der Waals surface area contributed by atoms with Crippen LogP contribution < -0.4 is 5.32 Å². The van der Waals surface area contributed by atoms with Crippen molar-refractivity contribution in [2.75, 3.05) is 11.5 Å². The van der Waals surface area contributed by atoms with Crippen molar-refractivity contribution in [1.29, 1.82) is 0 Å². The lowest BCUT2D eigenvalue weighted by molar-refractivity contribution is -0.121. The van der Waals surface area contributed by atoms with E-state index in [1.807, 2.05) is 13.8 Å². The number of halogens is 1. The third-order valence-electron chi connectivity index (χ3n) is 2.41. The van der Waals surface area contributed by atoms with Crippen LogP contribution in [0.3, 0.4) is 0 Å². The molecule has 15 heavy (non-hydrogen) atoms. The Morgan fingerprint density at radius 2 is 2.07 bits per heavy atom. The van der Waals surface area contributed by atoms with Crippen LogP contribution in [0.15, 0.2) is 0 Å². The molecule has 1 saturated heterocycles. The van der Waals surface area contributed by atoms with Gasteiger partial charge in [0.1, 0.15) is 0 Å². The molecule has 1 aliphatic rings. The van der Waals surface area contributed by atoms with Crippen molar-refractivity contribution >= 4 is 31.7 Å². The summed E-state index contributed by atoms with van der Waals surface area (Å²) < 4.78 is 22.3. The standard InChI is InChI=1S/C9H16BrNO3S/c1-6(2)8(10)9(12)11-7-3-4-15(13,14)5-7/h6-8H,3-5H2,1-2H3,(H,11,12)/t7-,8-/m0/s1. The second-order valence-corrected chi connectivity index (χ2v) is 7.47. The van der Waals surface area contributed by atoms with E-state index in [9.17, 15) is 13.2 Å². The number of nitrogens with one attached hydrogen (secondary N) is 1. The summed E-state index contributed by atoms with van der Waals surface area (Å²) in [4.78, 5) is 11.3. The number of sulfone groups is 1. The van der Waals surface area contributed by atoms with Crippen molar-refractivity contribution in [3.63, 3.8) is 0 Å². The van der Waals surface area contributed by atoms with Crippen LogP contribution in [-0.2, 0) is 14.6 Å². The highest BCUT2D eigenvalue weighted by Gasteiger charge is 2.30. The lowest BCUT2D eigenvalue weighted by Gasteiger charge is -2.16. The Morgan fingerprint density at radius 3 is 2.47 bits per heavy atom. The fourth-order valence-corrected chi connectivity index (χ4v) is 3.30. The summed E-state index contributed by atoms with van der Waals surface area (Å²) in [5.41, 5.74) is 0. The minimum absolute atomic E-state index is 0.0799. The van der Waals surface area contributed by atoms with Crippen LogP contribution in [0.1, 0.15) is 20.3 Å². The molecule has 0 aliphatic carbocycles. The molecule has 0 saturated carbocycles. The van der Waals surface area contributed by atoms with Crippen LogP contribution in [-0.4, -0.2) is 36.7 Å². The average Bonchev–Trinajstić information content (AvgIpc) is 2.43. The largest absolute Gasteiger partial charge is 0.351 e. The van der Waals surface area contributed by atoms with Crippen molar-refractivity contribution in [2.24, 2.45) is 5.92 Å². The zero-order chi connectivity index (χ0) is 11.6. The van der Waals surface area contributed by atoms with Gasteiger partial charge in [0, 0.05) is 6.04 Å². The fraction of sp³-hybridized carbons (Fsp3) is 0.889. The molecule has 1 aliphatic heterocycles. The minimum atomic E-state index is -2.92. The molecule has 1 heterocycles. The van der Waals surface area contributed by atoms with Crippen molar-refractivity contribution in [3.05, 3.63) is 0 Å². The van der Waals surface area contributed by atoms with Gasteiger partial charge in [-0.15, -0.1) is 0 Å². The van der Waals surface area contributed by atoms with Gasteiger partial charge in [-0.2, -0.15) is 0 Å². The molecular weight excluding hydrogens is 282 g/mol. The zero-order valence-electron chi connectivity index (χ0n) is 8.86. The monoisotopic (exact) mass is 297 g/mol. The quantitative estimate of drug-likeness (QED) is 0.781. The van der Waals surface area contributed by atoms with Gasteiger partial charge in [0.15, 0.2) is 9.84 Å². The molecule has 0 aromatic carbocycles. The Morgan fingerprint density at radius 1 is 1.47 bits per heavy atom. The first-order valence-electron chi connectivity index (χ1n) is 4.96. The Bertz CT molecular complexity index is 339. The van der Waals surface area contributed by atoms with Gasteiger partial charge in [0.25, 0.3) is 0 Å². The molecule has 0 unspecified atom stereocenters. The van der Waals surface area contributed by atoms with Crippen LogP contribution in [0.25, 0.3) is 0 Å². The maximum absolute atomic E-state index is 11.6. The second kappa shape index (κ2) is 4.82. The summed E-state index contributed by atoms with van der Waals surface area (Å²) in [6.07, 6.45) is 0.534. The molecule has 1 N–H and O–H groups in total. The summed E-state index contributed by atoms with van der Waals surface area (Å²) in [5.74, 6) is 0.346. The van der Waals surface area contributed by atoms with Gasteiger partial charge in [-0.3, -0.25) is 4.79 Å². The van der Waals surface area contributed by atoms with Crippen LogP contribution in [0, 0.1) is 5.92 Å². The molecular formula is C9H16BrNO3S. The predicted molar refractivity (Wildman–Crippen MR) is 62.8 cm³/mol. The van der Waals surface area contributed by atoms with Gasteiger partial charge in [-0.25, -0.2) is 8.42 Å². The van der Waals surface area contributed by atoms with E-state index in [0.29, 0.717) is 6.42 Å². The topological polar surface area (TPSA) is 63.2 Å². The van der Waals surface area contributed by atoms with E-state index >= 15 is 0 Å².